The fourth-order valence-electron chi connectivity index (χ4n) is 4.05. The monoisotopic (exact) mass is 368 g/mol. The predicted octanol–water partition coefficient (Wildman–Crippen LogP) is 4.52. The van der Waals surface area contributed by atoms with Gasteiger partial charge in [0.1, 0.15) is 13.2 Å². The molecular formula is C21H24N2O2S. The van der Waals surface area contributed by atoms with E-state index in [4.69, 9.17) is 21.7 Å². The lowest BCUT2D eigenvalue weighted by molar-refractivity contribution is 0.171. The highest BCUT2D eigenvalue weighted by atomic mass is 32.1. The molecule has 0 bridgehead atoms. The van der Waals surface area contributed by atoms with Crippen LogP contribution in [0.2, 0.25) is 0 Å². The average molecular weight is 369 g/mol. The maximum atomic E-state index is 5.66. The highest BCUT2D eigenvalue weighted by molar-refractivity contribution is 7.80. The van der Waals surface area contributed by atoms with E-state index in [1.54, 1.807) is 0 Å². The number of fused-ring (bicyclic) bond motifs is 1. The minimum atomic E-state index is -0.0801. The van der Waals surface area contributed by atoms with Crippen molar-refractivity contribution in [1.29, 1.82) is 0 Å². The Morgan fingerprint density at radius 1 is 1.00 bits per heavy atom. The van der Waals surface area contributed by atoms with Crippen LogP contribution in [0.4, 0.5) is 5.69 Å². The topological polar surface area (TPSA) is 42.5 Å². The van der Waals surface area contributed by atoms with E-state index >= 15 is 0 Å². The lowest BCUT2D eigenvalue weighted by Crippen LogP contribution is -2.46. The fraction of sp³-hybridized carbons (Fsp3) is 0.381. The molecule has 4 rings (SSSR count). The number of anilines is 1. The minimum Gasteiger partial charge on any atom is -0.486 e. The van der Waals surface area contributed by atoms with Gasteiger partial charge in [-0.3, -0.25) is 0 Å². The van der Waals surface area contributed by atoms with Gasteiger partial charge < -0.3 is 20.1 Å². The molecule has 136 valence electrons. The minimum absolute atomic E-state index is 0.0801. The first kappa shape index (κ1) is 17.2. The van der Waals surface area contributed by atoms with E-state index in [0.717, 1.165) is 30.0 Å². The number of nitrogens with one attached hydrogen (secondary N) is 2. The van der Waals surface area contributed by atoms with Gasteiger partial charge in [0.25, 0.3) is 0 Å². The lowest BCUT2D eigenvalue weighted by atomic mass is 9.85. The third-order valence-corrected chi connectivity index (χ3v) is 5.47. The summed E-state index contributed by atoms with van der Waals surface area (Å²) in [7, 11) is 0. The standard InChI is InChI=1S/C21H24N2O2S/c1-15-6-2-3-7-17(15)21(10-4-5-11-21)23-20(26)22-16-8-9-18-19(14-16)25-13-12-24-18/h2-3,6-9,14H,4-5,10-13H2,1H3,(H2,22,23,26). The van der Waals surface area contributed by atoms with Gasteiger partial charge in [0.2, 0.25) is 0 Å². The van der Waals surface area contributed by atoms with Crippen LogP contribution in [0.3, 0.4) is 0 Å². The van der Waals surface area contributed by atoms with E-state index in [9.17, 15) is 0 Å². The van der Waals surface area contributed by atoms with Crippen LogP contribution in [-0.4, -0.2) is 18.3 Å². The van der Waals surface area contributed by atoms with Crippen LogP contribution in [0, 0.1) is 6.92 Å². The van der Waals surface area contributed by atoms with Gasteiger partial charge in [0.05, 0.1) is 5.54 Å². The van der Waals surface area contributed by atoms with Gasteiger partial charge in [-0.2, -0.15) is 0 Å². The summed E-state index contributed by atoms with van der Waals surface area (Å²) in [4.78, 5) is 0. The zero-order valence-corrected chi connectivity index (χ0v) is 15.8. The highest BCUT2D eigenvalue weighted by Crippen LogP contribution is 2.40. The summed E-state index contributed by atoms with van der Waals surface area (Å²) in [6.07, 6.45) is 4.63. The molecule has 1 heterocycles. The molecule has 1 saturated carbocycles. The fourth-order valence-corrected chi connectivity index (χ4v) is 4.36. The summed E-state index contributed by atoms with van der Waals surface area (Å²) in [5.41, 5.74) is 3.49. The van der Waals surface area contributed by atoms with Crippen molar-refractivity contribution >= 4 is 23.0 Å². The van der Waals surface area contributed by atoms with Gasteiger partial charge in [-0.1, -0.05) is 37.1 Å². The average Bonchev–Trinajstić information content (AvgIpc) is 3.11. The van der Waals surface area contributed by atoms with Gasteiger partial charge in [-0.25, -0.2) is 0 Å². The van der Waals surface area contributed by atoms with E-state index in [2.05, 4.69) is 41.8 Å². The molecule has 0 spiro atoms. The molecule has 2 aromatic rings. The molecule has 0 unspecified atom stereocenters. The second-order valence-electron chi connectivity index (χ2n) is 7.04. The smallest absolute Gasteiger partial charge is 0.171 e. The van der Waals surface area contributed by atoms with Crippen LogP contribution in [0.25, 0.3) is 0 Å². The maximum Gasteiger partial charge on any atom is 0.171 e. The van der Waals surface area contributed by atoms with Crippen molar-refractivity contribution in [1.82, 2.24) is 5.32 Å². The Bertz CT molecular complexity index is 815. The van der Waals surface area contributed by atoms with Crippen molar-refractivity contribution < 1.29 is 9.47 Å². The summed E-state index contributed by atoms with van der Waals surface area (Å²) in [6.45, 7) is 3.35. The van der Waals surface area contributed by atoms with Crippen LogP contribution in [-0.2, 0) is 5.54 Å². The number of ether oxygens (including phenoxy) is 2. The summed E-state index contributed by atoms with van der Waals surface area (Å²) in [5, 5.41) is 7.59. The molecule has 0 aromatic heterocycles. The van der Waals surface area contributed by atoms with E-state index in [0.29, 0.717) is 18.3 Å². The third kappa shape index (κ3) is 3.36. The summed E-state index contributed by atoms with van der Waals surface area (Å²) in [6, 6.07) is 14.4. The molecule has 1 fully saturated rings. The van der Waals surface area contributed by atoms with E-state index in [-0.39, 0.29) is 5.54 Å². The summed E-state index contributed by atoms with van der Waals surface area (Å²) in [5.74, 6) is 1.55. The predicted molar refractivity (Wildman–Crippen MR) is 108 cm³/mol. The van der Waals surface area contributed by atoms with Crippen molar-refractivity contribution in [2.45, 2.75) is 38.1 Å². The highest BCUT2D eigenvalue weighted by Gasteiger charge is 2.37. The quantitative estimate of drug-likeness (QED) is 0.780. The molecule has 0 radical (unpaired) electrons. The SMILES string of the molecule is Cc1ccccc1C1(NC(=S)Nc2ccc3c(c2)OCCO3)CCCC1. The van der Waals surface area contributed by atoms with Crippen LogP contribution in [0.1, 0.15) is 36.8 Å². The lowest BCUT2D eigenvalue weighted by Gasteiger charge is -2.34. The van der Waals surface area contributed by atoms with Crippen LogP contribution < -0.4 is 20.1 Å². The molecule has 2 aliphatic rings. The van der Waals surface area contributed by atoms with E-state index in [1.807, 2.05) is 18.2 Å². The largest absolute Gasteiger partial charge is 0.486 e. The van der Waals surface area contributed by atoms with E-state index in [1.165, 1.54) is 24.0 Å². The first-order valence-corrected chi connectivity index (χ1v) is 9.62. The molecular weight excluding hydrogens is 344 g/mol. The van der Waals surface area contributed by atoms with Crippen molar-refractivity contribution in [2.75, 3.05) is 18.5 Å². The zero-order chi connectivity index (χ0) is 18.0. The molecule has 26 heavy (non-hydrogen) atoms. The van der Waals surface area contributed by atoms with Crippen molar-refractivity contribution in [3.8, 4) is 11.5 Å². The number of hydrogen-bond acceptors (Lipinski definition) is 3. The first-order valence-electron chi connectivity index (χ1n) is 9.21. The summed E-state index contributed by atoms with van der Waals surface area (Å²) < 4.78 is 11.2. The van der Waals surface area contributed by atoms with Crippen molar-refractivity contribution in [2.24, 2.45) is 0 Å². The molecule has 0 atom stereocenters. The van der Waals surface area contributed by atoms with Gasteiger partial charge >= 0.3 is 0 Å². The van der Waals surface area contributed by atoms with E-state index < -0.39 is 0 Å². The van der Waals surface area contributed by atoms with Crippen LogP contribution in [0.15, 0.2) is 42.5 Å². The van der Waals surface area contributed by atoms with Gasteiger partial charge in [0, 0.05) is 11.8 Å². The second kappa shape index (κ2) is 7.16. The molecule has 1 aliphatic carbocycles. The molecule has 5 heteroatoms. The molecule has 2 aromatic carbocycles. The number of benzene rings is 2. The molecule has 0 amide bonds. The van der Waals surface area contributed by atoms with Crippen LogP contribution in [0.5, 0.6) is 11.5 Å². The Morgan fingerprint density at radius 2 is 1.73 bits per heavy atom. The zero-order valence-electron chi connectivity index (χ0n) is 15.0. The first-order chi connectivity index (χ1) is 12.7. The van der Waals surface area contributed by atoms with Crippen molar-refractivity contribution in [3.05, 3.63) is 53.6 Å². The Labute approximate surface area is 159 Å². The second-order valence-corrected chi connectivity index (χ2v) is 7.45. The molecule has 1 aliphatic heterocycles. The molecule has 4 nitrogen and oxygen atoms in total. The van der Waals surface area contributed by atoms with Crippen LogP contribution >= 0.6 is 12.2 Å². The number of rotatable bonds is 3. The Kier molecular flexibility index (Phi) is 4.72. The Morgan fingerprint density at radius 3 is 2.50 bits per heavy atom. The number of hydrogen-bond donors (Lipinski definition) is 2. The number of thiocarbonyl (C=S) groups is 1. The van der Waals surface area contributed by atoms with Gasteiger partial charge in [-0.05, 0) is 55.2 Å². The third-order valence-electron chi connectivity index (χ3n) is 5.27. The Balaban J connectivity index is 1.52. The Hall–Kier alpha value is -2.27. The normalized spacial score (nSPS) is 17.6. The van der Waals surface area contributed by atoms with Gasteiger partial charge in [0.15, 0.2) is 16.6 Å². The summed E-state index contributed by atoms with van der Waals surface area (Å²) >= 11 is 5.65. The number of aryl methyl sites for hydroxylation is 1. The molecule has 0 saturated heterocycles. The van der Waals surface area contributed by atoms with Crippen molar-refractivity contribution in [3.63, 3.8) is 0 Å². The maximum absolute atomic E-state index is 5.66. The molecule has 2 N–H and O–H groups in total. The van der Waals surface area contributed by atoms with Gasteiger partial charge in [-0.15, -0.1) is 0 Å².